The van der Waals surface area contributed by atoms with Crippen molar-refractivity contribution in [1.29, 1.82) is 0 Å². The summed E-state index contributed by atoms with van der Waals surface area (Å²) in [5.74, 6) is 1.96. The molecule has 1 rings (SSSR count). The van der Waals surface area contributed by atoms with Crippen LogP contribution >= 0.6 is 0 Å². The zero-order chi connectivity index (χ0) is 15.5. The Kier molecular flexibility index (Phi) is 9.48. The van der Waals surface area contributed by atoms with Gasteiger partial charge in [-0.2, -0.15) is 0 Å². The molecule has 0 aliphatic heterocycles. The molecule has 1 saturated carbocycles. The summed E-state index contributed by atoms with van der Waals surface area (Å²) in [5, 5.41) is 6.90. The Morgan fingerprint density at radius 1 is 1.24 bits per heavy atom. The highest BCUT2D eigenvalue weighted by atomic mass is 15.2. The topological polar surface area (TPSA) is 39.7 Å². The number of nitrogens with zero attached hydrogens (tertiary/aromatic N) is 2. The van der Waals surface area contributed by atoms with Gasteiger partial charge in [-0.3, -0.25) is 4.99 Å². The lowest BCUT2D eigenvalue weighted by atomic mass is 10.2. The van der Waals surface area contributed by atoms with E-state index < -0.39 is 0 Å². The van der Waals surface area contributed by atoms with Gasteiger partial charge in [0.05, 0.1) is 0 Å². The molecular formula is C17H36N4. The van der Waals surface area contributed by atoms with E-state index in [-0.39, 0.29) is 0 Å². The summed E-state index contributed by atoms with van der Waals surface area (Å²) in [5.41, 5.74) is 0. The summed E-state index contributed by atoms with van der Waals surface area (Å²) in [6, 6.07) is 0.485. The number of aliphatic imine (C=N–C) groups is 1. The zero-order valence-corrected chi connectivity index (χ0v) is 14.6. The summed E-state index contributed by atoms with van der Waals surface area (Å²) in [4.78, 5) is 7.18. The normalized spacial score (nSPS) is 17.1. The second-order valence-corrected chi connectivity index (χ2v) is 6.21. The predicted octanol–water partition coefficient (Wildman–Crippen LogP) is 2.85. The first-order chi connectivity index (χ1) is 10.2. The van der Waals surface area contributed by atoms with E-state index in [2.05, 4.69) is 43.2 Å². The Balaban J connectivity index is 2.21. The van der Waals surface area contributed by atoms with E-state index in [4.69, 9.17) is 4.99 Å². The molecule has 1 aliphatic rings. The third-order valence-electron chi connectivity index (χ3n) is 4.24. The molecule has 2 N–H and O–H groups in total. The first-order valence-electron chi connectivity index (χ1n) is 8.96. The van der Waals surface area contributed by atoms with Gasteiger partial charge in [0.15, 0.2) is 5.96 Å². The zero-order valence-electron chi connectivity index (χ0n) is 14.6. The molecular weight excluding hydrogens is 260 g/mol. The summed E-state index contributed by atoms with van der Waals surface area (Å²) < 4.78 is 0. The molecule has 0 amide bonds. The number of nitrogens with one attached hydrogen (secondary N) is 2. The van der Waals surface area contributed by atoms with Crippen LogP contribution in [0.3, 0.4) is 0 Å². The lowest BCUT2D eigenvalue weighted by Gasteiger charge is -2.21. The number of hydrogen-bond donors (Lipinski definition) is 2. The van der Waals surface area contributed by atoms with Crippen molar-refractivity contribution in [3.8, 4) is 0 Å². The Hall–Kier alpha value is -0.770. The highest BCUT2D eigenvalue weighted by Gasteiger charge is 2.20. The van der Waals surface area contributed by atoms with Crippen molar-refractivity contribution in [1.82, 2.24) is 15.5 Å². The van der Waals surface area contributed by atoms with Crippen molar-refractivity contribution in [3.63, 3.8) is 0 Å². The van der Waals surface area contributed by atoms with E-state index in [1.165, 1.54) is 38.6 Å². The van der Waals surface area contributed by atoms with Crippen LogP contribution in [0.4, 0.5) is 0 Å². The van der Waals surface area contributed by atoms with Gasteiger partial charge >= 0.3 is 0 Å². The monoisotopic (exact) mass is 296 g/mol. The van der Waals surface area contributed by atoms with E-state index >= 15 is 0 Å². The summed E-state index contributed by atoms with van der Waals surface area (Å²) >= 11 is 0. The van der Waals surface area contributed by atoms with Gasteiger partial charge in [-0.05, 0) is 58.7 Å². The molecule has 0 spiro atoms. The second kappa shape index (κ2) is 10.9. The standard InChI is InChI=1S/C17H36N4/c1-5-18-17(19-13-12-16-10-11-16)20-15(4)9-8-14-21(6-2)7-3/h15-16H,5-14H2,1-4H3,(H2,18,19,20). The molecule has 0 aromatic carbocycles. The average molecular weight is 297 g/mol. The van der Waals surface area contributed by atoms with E-state index in [1.54, 1.807) is 0 Å². The predicted molar refractivity (Wildman–Crippen MR) is 92.9 cm³/mol. The highest BCUT2D eigenvalue weighted by molar-refractivity contribution is 5.80. The molecule has 124 valence electrons. The quantitative estimate of drug-likeness (QED) is 0.455. The molecule has 4 nitrogen and oxygen atoms in total. The fourth-order valence-corrected chi connectivity index (χ4v) is 2.55. The number of guanidine groups is 1. The van der Waals surface area contributed by atoms with Crippen molar-refractivity contribution < 1.29 is 0 Å². The van der Waals surface area contributed by atoms with Crippen molar-refractivity contribution in [2.45, 2.75) is 65.8 Å². The van der Waals surface area contributed by atoms with Gasteiger partial charge in [-0.15, -0.1) is 0 Å². The molecule has 0 aromatic rings. The molecule has 0 aromatic heterocycles. The summed E-state index contributed by atoms with van der Waals surface area (Å²) in [7, 11) is 0. The minimum atomic E-state index is 0.485. The molecule has 1 fully saturated rings. The highest BCUT2D eigenvalue weighted by Crippen LogP contribution is 2.32. The lowest BCUT2D eigenvalue weighted by Crippen LogP contribution is -2.42. The van der Waals surface area contributed by atoms with Crippen LogP contribution < -0.4 is 10.6 Å². The smallest absolute Gasteiger partial charge is 0.191 e. The molecule has 1 unspecified atom stereocenters. The Morgan fingerprint density at radius 3 is 2.52 bits per heavy atom. The van der Waals surface area contributed by atoms with Crippen molar-refractivity contribution in [2.75, 3.05) is 32.7 Å². The fourth-order valence-electron chi connectivity index (χ4n) is 2.55. The van der Waals surface area contributed by atoms with Gasteiger partial charge < -0.3 is 15.5 Å². The summed E-state index contributed by atoms with van der Waals surface area (Å²) in [6.45, 7) is 14.3. The van der Waals surface area contributed by atoms with Gasteiger partial charge in [0.1, 0.15) is 0 Å². The Labute approximate surface area is 131 Å². The largest absolute Gasteiger partial charge is 0.357 e. The van der Waals surface area contributed by atoms with Gasteiger partial charge in [0.25, 0.3) is 0 Å². The van der Waals surface area contributed by atoms with Crippen LogP contribution in [0, 0.1) is 5.92 Å². The maximum absolute atomic E-state index is 4.69. The van der Waals surface area contributed by atoms with Crippen molar-refractivity contribution in [3.05, 3.63) is 0 Å². The maximum Gasteiger partial charge on any atom is 0.191 e. The second-order valence-electron chi connectivity index (χ2n) is 6.21. The Morgan fingerprint density at radius 2 is 1.95 bits per heavy atom. The van der Waals surface area contributed by atoms with E-state index in [0.29, 0.717) is 6.04 Å². The molecule has 0 heterocycles. The van der Waals surface area contributed by atoms with Crippen molar-refractivity contribution >= 4 is 5.96 Å². The molecule has 0 bridgehead atoms. The van der Waals surface area contributed by atoms with E-state index in [1.807, 2.05) is 0 Å². The molecule has 0 saturated heterocycles. The van der Waals surface area contributed by atoms with Crippen LogP contribution in [-0.2, 0) is 0 Å². The average Bonchev–Trinajstić information content (AvgIpc) is 3.28. The Bertz CT molecular complexity index is 283. The number of hydrogen-bond acceptors (Lipinski definition) is 2. The lowest BCUT2D eigenvalue weighted by molar-refractivity contribution is 0.292. The fraction of sp³-hybridized carbons (Fsp3) is 0.941. The molecule has 1 aliphatic carbocycles. The minimum absolute atomic E-state index is 0.485. The van der Waals surface area contributed by atoms with Crippen LogP contribution in [0.5, 0.6) is 0 Å². The van der Waals surface area contributed by atoms with Gasteiger partial charge in [-0.1, -0.05) is 26.7 Å². The van der Waals surface area contributed by atoms with Gasteiger partial charge in [0, 0.05) is 19.1 Å². The van der Waals surface area contributed by atoms with E-state index in [9.17, 15) is 0 Å². The third kappa shape index (κ3) is 8.97. The van der Waals surface area contributed by atoms with Crippen molar-refractivity contribution in [2.24, 2.45) is 10.9 Å². The van der Waals surface area contributed by atoms with E-state index in [0.717, 1.165) is 38.1 Å². The molecule has 21 heavy (non-hydrogen) atoms. The van der Waals surface area contributed by atoms with Crippen LogP contribution in [-0.4, -0.2) is 49.6 Å². The SMILES string of the molecule is CCNC(=NCCC1CC1)NC(C)CCCN(CC)CC. The molecule has 4 heteroatoms. The molecule has 0 radical (unpaired) electrons. The van der Waals surface area contributed by atoms with Crippen LogP contribution in [0.15, 0.2) is 4.99 Å². The third-order valence-corrected chi connectivity index (χ3v) is 4.24. The van der Waals surface area contributed by atoms with Crippen LogP contribution in [0.1, 0.15) is 59.8 Å². The maximum atomic E-state index is 4.69. The van der Waals surface area contributed by atoms with Gasteiger partial charge in [0.2, 0.25) is 0 Å². The first-order valence-corrected chi connectivity index (χ1v) is 8.96. The number of rotatable bonds is 11. The minimum Gasteiger partial charge on any atom is -0.357 e. The molecule has 1 atom stereocenters. The summed E-state index contributed by atoms with van der Waals surface area (Å²) in [6.07, 6.45) is 6.54. The van der Waals surface area contributed by atoms with Crippen LogP contribution in [0.25, 0.3) is 0 Å². The van der Waals surface area contributed by atoms with Crippen LogP contribution in [0.2, 0.25) is 0 Å². The van der Waals surface area contributed by atoms with Gasteiger partial charge in [-0.25, -0.2) is 0 Å². The first kappa shape index (κ1) is 18.3.